The highest BCUT2D eigenvalue weighted by Gasteiger charge is 2.20. The van der Waals surface area contributed by atoms with Crippen molar-refractivity contribution in [2.24, 2.45) is 0 Å². The molecule has 124 valence electrons. The second-order valence-corrected chi connectivity index (χ2v) is 7.02. The molecule has 2 aromatic heterocycles. The van der Waals surface area contributed by atoms with E-state index in [1.807, 2.05) is 22.2 Å². The molecular formula is C18H20N4OS. The predicted octanol–water partition coefficient (Wildman–Crippen LogP) is 3.66. The van der Waals surface area contributed by atoms with Crippen LogP contribution in [0.25, 0.3) is 4.96 Å². The topological polar surface area (TPSA) is 58.4 Å². The summed E-state index contributed by atoms with van der Waals surface area (Å²) in [6, 6.07) is 8.39. The number of fused-ring (bicyclic) bond motifs is 2. The molecule has 0 spiro atoms. The molecular weight excluding hydrogens is 320 g/mol. The van der Waals surface area contributed by atoms with Gasteiger partial charge in [-0.15, -0.1) is 11.3 Å². The van der Waals surface area contributed by atoms with E-state index < -0.39 is 0 Å². The lowest BCUT2D eigenvalue weighted by atomic mass is 9.99. The van der Waals surface area contributed by atoms with Crippen molar-refractivity contribution in [3.05, 3.63) is 58.9 Å². The van der Waals surface area contributed by atoms with Gasteiger partial charge < -0.3 is 10.6 Å². The van der Waals surface area contributed by atoms with Crippen LogP contribution in [0.2, 0.25) is 0 Å². The number of aromatic nitrogens is 2. The second kappa shape index (κ2) is 6.65. The minimum atomic E-state index is -0.131. The SMILES string of the molecule is O=C(NCc1cn2ccsc2n1)N[C@H]1CCCCc2ccccc21. The highest BCUT2D eigenvalue weighted by molar-refractivity contribution is 7.15. The van der Waals surface area contributed by atoms with Gasteiger partial charge in [-0.25, -0.2) is 9.78 Å². The third kappa shape index (κ3) is 3.14. The maximum absolute atomic E-state index is 12.3. The van der Waals surface area contributed by atoms with Crippen molar-refractivity contribution < 1.29 is 4.79 Å². The first kappa shape index (κ1) is 15.2. The molecule has 1 aliphatic carbocycles. The van der Waals surface area contributed by atoms with Crippen molar-refractivity contribution >= 4 is 22.3 Å². The zero-order valence-corrected chi connectivity index (χ0v) is 14.2. The summed E-state index contributed by atoms with van der Waals surface area (Å²) in [5.41, 5.74) is 3.49. The molecule has 0 fully saturated rings. The molecule has 5 nitrogen and oxygen atoms in total. The van der Waals surface area contributed by atoms with Crippen LogP contribution in [0.15, 0.2) is 42.0 Å². The molecule has 24 heavy (non-hydrogen) atoms. The second-order valence-electron chi connectivity index (χ2n) is 6.15. The van der Waals surface area contributed by atoms with Gasteiger partial charge in [0, 0.05) is 17.8 Å². The van der Waals surface area contributed by atoms with Crippen molar-refractivity contribution in [2.75, 3.05) is 0 Å². The molecule has 0 aliphatic heterocycles. The van der Waals surface area contributed by atoms with E-state index in [4.69, 9.17) is 0 Å². The van der Waals surface area contributed by atoms with Gasteiger partial charge in [0.2, 0.25) is 0 Å². The fraction of sp³-hybridized carbons (Fsp3) is 0.333. The summed E-state index contributed by atoms with van der Waals surface area (Å²) < 4.78 is 1.97. The fourth-order valence-electron chi connectivity index (χ4n) is 3.31. The molecule has 2 amide bonds. The smallest absolute Gasteiger partial charge is 0.315 e. The number of carbonyl (C=O) groups excluding carboxylic acids is 1. The van der Waals surface area contributed by atoms with Crippen LogP contribution in [-0.4, -0.2) is 15.4 Å². The lowest BCUT2D eigenvalue weighted by Crippen LogP contribution is -2.37. The number of amides is 2. The molecule has 0 saturated carbocycles. The molecule has 0 radical (unpaired) electrons. The Morgan fingerprint density at radius 3 is 3.17 bits per heavy atom. The van der Waals surface area contributed by atoms with Gasteiger partial charge in [0.1, 0.15) is 0 Å². The number of nitrogens with zero attached hydrogens (tertiary/aromatic N) is 2. The number of thiazole rings is 1. The van der Waals surface area contributed by atoms with Gasteiger partial charge in [-0.1, -0.05) is 30.7 Å². The van der Waals surface area contributed by atoms with Crippen LogP contribution >= 0.6 is 11.3 Å². The van der Waals surface area contributed by atoms with Crippen LogP contribution in [0.4, 0.5) is 4.79 Å². The van der Waals surface area contributed by atoms with Crippen LogP contribution in [0.3, 0.4) is 0 Å². The van der Waals surface area contributed by atoms with E-state index in [1.165, 1.54) is 17.5 Å². The molecule has 3 aromatic rings. The lowest BCUT2D eigenvalue weighted by molar-refractivity contribution is 0.235. The van der Waals surface area contributed by atoms with Crippen LogP contribution in [0.5, 0.6) is 0 Å². The van der Waals surface area contributed by atoms with Crippen LogP contribution < -0.4 is 10.6 Å². The number of aryl methyl sites for hydroxylation is 1. The Kier molecular flexibility index (Phi) is 4.21. The van der Waals surface area contributed by atoms with E-state index in [0.29, 0.717) is 6.54 Å². The van der Waals surface area contributed by atoms with Crippen molar-refractivity contribution in [1.82, 2.24) is 20.0 Å². The van der Waals surface area contributed by atoms with Crippen molar-refractivity contribution in [3.63, 3.8) is 0 Å². The van der Waals surface area contributed by atoms with Gasteiger partial charge in [-0.3, -0.25) is 4.40 Å². The first-order valence-corrected chi connectivity index (χ1v) is 9.21. The number of nitrogens with one attached hydrogen (secondary N) is 2. The first-order chi connectivity index (χ1) is 11.8. The molecule has 2 heterocycles. The number of hydrogen-bond donors (Lipinski definition) is 2. The highest BCUT2D eigenvalue weighted by atomic mass is 32.1. The Morgan fingerprint density at radius 1 is 1.33 bits per heavy atom. The lowest BCUT2D eigenvalue weighted by Gasteiger charge is -2.19. The number of carbonyl (C=O) groups is 1. The van der Waals surface area contributed by atoms with Gasteiger partial charge in [-0.05, 0) is 30.4 Å². The van der Waals surface area contributed by atoms with Crippen LogP contribution in [-0.2, 0) is 13.0 Å². The normalized spacial score (nSPS) is 17.2. The molecule has 2 N–H and O–H groups in total. The minimum Gasteiger partial charge on any atom is -0.332 e. The summed E-state index contributed by atoms with van der Waals surface area (Å²) in [5.74, 6) is 0. The third-order valence-electron chi connectivity index (χ3n) is 4.50. The molecule has 0 bridgehead atoms. The maximum Gasteiger partial charge on any atom is 0.315 e. The molecule has 1 atom stereocenters. The van der Waals surface area contributed by atoms with Gasteiger partial charge in [-0.2, -0.15) is 0 Å². The summed E-state index contributed by atoms with van der Waals surface area (Å²) in [5, 5.41) is 8.05. The van der Waals surface area contributed by atoms with Crippen molar-refractivity contribution in [3.8, 4) is 0 Å². The maximum atomic E-state index is 12.3. The zero-order chi connectivity index (χ0) is 16.4. The summed E-state index contributed by atoms with van der Waals surface area (Å²) in [6.45, 7) is 0.439. The van der Waals surface area contributed by atoms with Gasteiger partial charge >= 0.3 is 6.03 Å². The number of urea groups is 1. The van der Waals surface area contributed by atoms with Crippen LogP contribution in [0.1, 0.15) is 42.1 Å². The van der Waals surface area contributed by atoms with Crippen LogP contribution in [0, 0.1) is 0 Å². The molecule has 4 rings (SSSR count). The van der Waals surface area contributed by atoms with Gasteiger partial charge in [0.25, 0.3) is 0 Å². The van der Waals surface area contributed by atoms with Crippen molar-refractivity contribution in [1.29, 1.82) is 0 Å². The Labute approximate surface area is 144 Å². The van der Waals surface area contributed by atoms with Gasteiger partial charge in [0.05, 0.1) is 18.3 Å². The number of imidazole rings is 1. The molecule has 0 unspecified atom stereocenters. The van der Waals surface area contributed by atoms with E-state index in [2.05, 4.69) is 39.9 Å². The van der Waals surface area contributed by atoms with E-state index in [0.717, 1.165) is 29.9 Å². The van der Waals surface area contributed by atoms with Crippen molar-refractivity contribution in [2.45, 2.75) is 38.3 Å². The standard InChI is InChI=1S/C18H20N4OS/c23-17(19-11-14-12-22-9-10-24-18(22)20-14)21-16-8-4-2-6-13-5-1-3-7-15(13)16/h1,3,5,7,9-10,12,16H,2,4,6,8,11H2,(H2,19,21,23)/t16-/m0/s1. The Bertz CT molecular complexity index is 825. The van der Waals surface area contributed by atoms with E-state index in [1.54, 1.807) is 11.3 Å². The molecule has 1 aromatic carbocycles. The summed E-state index contributed by atoms with van der Waals surface area (Å²) in [6.07, 6.45) is 8.33. The van der Waals surface area contributed by atoms with E-state index >= 15 is 0 Å². The average Bonchev–Trinajstić information content (AvgIpc) is 3.11. The Balaban J connectivity index is 1.39. The largest absolute Gasteiger partial charge is 0.332 e. The quantitative estimate of drug-likeness (QED) is 0.715. The van der Waals surface area contributed by atoms with E-state index in [9.17, 15) is 4.79 Å². The molecule has 6 heteroatoms. The molecule has 1 aliphatic rings. The van der Waals surface area contributed by atoms with Gasteiger partial charge in [0.15, 0.2) is 4.96 Å². The monoisotopic (exact) mass is 340 g/mol. The third-order valence-corrected chi connectivity index (χ3v) is 5.27. The Morgan fingerprint density at radius 2 is 2.25 bits per heavy atom. The van der Waals surface area contributed by atoms with E-state index in [-0.39, 0.29) is 12.1 Å². The zero-order valence-electron chi connectivity index (χ0n) is 13.4. The predicted molar refractivity (Wildman–Crippen MR) is 95.2 cm³/mol. The number of rotatable bonds is 3. The highest BCUT2D eigenvalue weighted by Crippen LogP contribution is 2.28. The summed E-state index contributed by atoms with van der Waals surface area (Å²) in [4.78, 5) is 17.7. The first-order valence-electron chi connectivity index (χ1n) is 8.33. The minimum absolute atomic E-state index is 0.0918. The summed E-state index contributed by atoms with van der Waals surface area (Å²) >= 11 is 1.59. The number of hydrogen-bond acceptors (Lipinski definition) is 3. The summed E-state index contributed by atoms with van der Waals surface area (Å²) in [7, 11) is 0. The molecule has 0 saturated heterocycles. The fourth-order valence-corrected chi connectivity index (χ4v) is 4.03. The number of benzene rings is 1. The Hall–Kier alpha value is -2.34. The average molecular weight is 340 g/mol.